The van der Waals surface area contributed by atoms with Crippen LogP contribution >= 0.6 is 0 Å². The number of hydrogen-bond acceptors (Lipinski definition) is 7. The zero-order valence-corrected chi connectivity index (χ0v) is 22.2. The molecule has 1 saturated carbocycles. The van der Waals surface area contributed by atoms with Gasteiger partial charge in [0.25, 0.3) is 0 Å². The van der Waals surface area contributed by atoms with Gasteiger partial charge in [-0.2, -0.15) is 0 Å². The van der Waals surface area contributed by atoms with Crippen LogP contribution in [0.1, 0.15) is 101 Å². The van der Waals surface area contributed by atoms with E-state index in [1.165, 1.54) is 7.11 Å². The van der Waals surface area contributed by atoms with Crippen molar-refractivity contribution in [3.05, 3.63) is 29.0 Å². The fourth-order valence-corrected chi connectivity index (χ4v) is 4.96. The van der Waals surface area contributed by atoms with Gasteiger partial charge in [-0.15, -0.1) is 0 Å². The molecule has 2 aromatic rings. The molecule has 1 atom stereocenters. The quantitative estimate of drug-likeness (QED) is 0.357. The largest absolute Gasteiger partial charge is 0.493 e. The monoisotopic (exact) mass is 503 g/mol. The van der Waals surface area contributed by atoms with Gasteiger partial charge in [0, 0.05) is 17.8 Å². The first-order chi connectivity index (χ1) is 17.0. The van der Waals surface area contributed by atoms with Gasteiger partial charge < -0.3 is 29.4 Å². The third kappa shape index (κ3) is 6.79. The summed E-state index contributed by atoms with van der Waals surface area (Å²) in [6, 6.07) is 3.65. The van der Waals surface area contributed by atoms with E-state index < -0.39 is 17.2 Å². The number of carbonyl (C=O) groups excluding carboxylic acids is 2. The first-order valence-corrected chi connectivity index (χ1v) is 13.0. The van der Waals surface area contributed by atoms with E-state index in [-0.39, 0.29) is 36.3 Å². The van der Waals surface area contributed by atoms with Gasteiger partial charge in [-0.05, 0) is 96.8 Å². The smallest absolute Gasteiger partial charge is 0.342 e. The number of rotatable bonds is 12. The molecule has 1 fully saturated rings. The van der Waals surface area contributed by atoms with Crippen molar-refractivity contribution in [2.45, 2.75) is 103 Å². The molecule has 1 aliphatic rings. The standard InChI is InChI=1S/C28H41NO7/c1-6-35-26(31)23-20-16-19(11-12-22(30)29-18(2)10-9-13-27(3,4)32)17-21(34-5)24(20)36-25(23)28(33)14-7-8-15-28/h16-18,32-33H,6-15H2,1-5H3,(H,29,30). The Morgan fingerprint density at radius 2 is 1.94 bits per heavy atom. The Balaban J connectivity index is 1.80. The molecule has 36 heavy (non-hydrogen) atoms. The van der Waals surface area contributed by atoms with Crippen LogP contribution in [0.5, 0.6) is 5.75 Å². The number of esters is 1. The average molecular weight is 504 g/mol. The van der Waals surface area contributed by atoms with Crippen molar-refractivity contribution in [1.29, 1.82) is 0 Å². The van der Waals surface area contributed by atoms with E-state index in [0.29, 0.717) is 42.4 Å². The van der Waals surface area contributed by atoms with Crippen molar-refractivity contribution < 1.29 is 33.7 Å². The Kier molecular flexibility index (Phi) is 9.06. The molecule has 1 unspecified atom stereocenters. The molecular formula is C28H41NO7. The highest BCUT2D eigenvalue weighted by atomic mass is 16.5. The van der Waals surface area contributed by atoms with Crippen molar-refractivity contribution in [1.82, 2.24) is 5.32 Å². The van der Waals surface area contributed by atoms with Crippen LogP contribution in [0.25, 0.3) is 11.0 Å². The van der Waals surface area contributed by atoms with E-state index >= 15 is 0 Å². The predicted molar refractivity (Wildman–Crippen MR) is 137 cm³/mol. The number of methoxy groups -OCH3 is 1. The van der Waals surface area contributed by atoms with E-state index in [1.54, 1.807) is 20.8 Å². The van der Waals surface area contributed by atoms with Gasteiger partial charge in [0.05, 0.1) is 19.3 Å². The number of amides is 1. The van der Waals surface area contributed by atoms with Crippen molar-refractivity contribution in [3.63, 3.8) is 0 Å². The van der Waals surface area contributed by atoms with Gasteiger partial charge in [0.1, 0.15) is 11.2 Å². The molecule has 3 rings (SSSR count). The van der Waals surface area contributed by atoms with Crippen molar-refractivity contribution in [2.75, 3.05) is 13.7 Å². The molecule has 8 nitrogen and oxygen atoms in total. The molecule has 200 valence electrons. The SMILES string of the molecule is CCOC(=O)c1c(C2(O)CCCC2)oc2c(OC)cc(CCC(=O)NC(C)CCCC(C)(C)O)cc12. The van der Waals surface area contributed by atoms with Crippen LogP contribution in [0.4, 0.5) is 0 Å². The van der Waals surface area contributed by atoms with Gasteiger partial charge in [0.15, 0.2) is 17.1 Å². The van der Waals surface area contributed by atoms with Gasteiger partial charge >= 0.3 is 5.97 Å². The lowest BCUT2D eigenvalue weighted by molar-refractivity contribution is -0.121. The number of aryl methyl sites for hydroxylation is 1. The van der Waals surface area contributed by atoms with Crippen LogP contribution < -0.4 is 10.1 Å². The molecule has 0 radical (unpaired) electrons. The molecule has 1 amide bonds. The second-order valence-electron chi connectivity index (χ2n) is 10.6. The molecule has 0 saturated heterocycles. The Bertz CT molecular complexity index is 1060. The summed E-state index contributed by atoms with van der Waals surface area (Å²) in [4.78, 5) is 25.5. The molecule has 0 bridgehead atoms. The van der Waals surface area contributed by atoms with E-state index in [0.717, 1.165) is 31.2 Å². The topological polar surface area (TPSA) is 118 Å². The lowest BCUT2D eigenvalue weighted by Gasteiger charge is -2.20. The van der Waals surface area contributed by atoms with Crippen LogP contribution in [-0.4, -0.2) is 47.4 Å². The summed E-state index contributed by atoms with van der Waals surface area (Å²) in [5, 5.41) is 24.6. The maximum atomic E-state index is 13.0. The summed E-state index contributed by atoms with van der Waals surface area (Å²) >= 11 is 0. The molecule has 1 aliphatic carbocycles. The van der Waals surface area contributed by atoms with Gasteiger partial charge in [-0.25, -0.2) is 4.79 Å². The number of fused-ring (bicyclic) bond motifs is 1. The van der Waals surface area contributed by atoms with E-state index in [4.69, 9.17) is 13.9 Å². The second-order valence-corrected chi connectivity index (χ2v) is 10.6. The molecule has 0 aliphatic heterocycles. The number of ether oxygens (including phenoxy) is 2. The van der Waals surface area contributed by atoms with Gasteiger partial charge in [0.2, 0.25) is 5.91 Å². The number of benzene rings is 1. The van der Waals surface area contributed by atoms with Crippen LogP contribution in [-0.2, 0) is 21.6 Å². The molecule has 8 heteroatoms. The Morgan fingerprint density at radius 3 is 2.56 bits per heavy atom. The molecule has 0 spiro atoms. The Morgan fingerprint density at radius 1 is 1.25 bits per heavy atom. The third-order valence-corrected chi connectivity index (χ3v) is 6.84. The van der Waals surface area contributed by atoms with Gasteiger partial charge in [-0.3, -0.25) is 4.79 Å². The van der Waals surface area contributed by atoms with Crippen LogP contribution in [0.15, 0.2) is 16.5 Å². The molecular weight excluding hydrogens is 462 g/mol. The fourth-order valence-electron chi connectivity index (χ4n) is 4.96. The van der Waals surface area contributed by atoms with E-state index in [9.17, 15) is 19.8 Å². The normalized spacial score (nSPS) is 16.2. The van der Waals surface area contributed by atoms with Crippen LogP contribution in [0.2, 0.25) is 0 Å². The minimum absolute atomic E-state index is 0.0101. The van der Waals surface area contributed by atoms with Crippen molar-refractivity contribution >= 4 is 22.8 Å². The maximum absolute atomic E-state index is 13.0. The summed E-state index contributed by atoms with van der Waals surface area (Å²) in [7, 11) is 1.52. The first kappa shape index (κ1) is 28.0. The van der Waals surface area contributed by atoms with Crippen molar-refractivity contribution in [3.8, 4) is 5.75 Å². The summed E-state index contributed by atoms with van der Waals surface area (Å²) in [5.74, 6) is 0.0785. The zero-order valence-electron chi connectivity index (χ0n) is 22.2. The average Bonchev–Trinajstić information content (AvgIpc) is 3.41. The highest BCUT2D eigenvalue weighted by Crippen LogP contribution is 2.45. The van der Waals surface area contributed by atoms with Crippen LogP contribution in [0, 0.1) is 0 Å². The number of furan rings is 1. The van der Waals surface area contributed by atoms with Gasteiger partial charge in [-0.1, -0.05) is 0 Å². The van der Waals surface area contributed by atoms with Crippen LogP contribution in [0.3, 0.4) is 0 Å². The summed E-state index contributed by atoms with van der Waals surface area (Å²) in [6.07, 6.45) is 5.74. The van der Waals surface area contributed by atoms with Crippen molar-refractivity contribution in [2.24, 2.45) is 0 Å². The minimum Gasteiger partial charge on any atom is -0.493 e. The lowest BCUT2D eigenvalue weighted by atomic mass is 9.94. The number of nitrogens with one attached hydrogen (secondary N) is 1. The summed E-state index contributed by atoms with van der Waals surface area (Å²) < 4.78 is 17.0. The van der Waals surface area contributed by atoms with E-state index in [2.05, 4.69) is 5.32 Å². The molecule has 1 heterocycles. The zero-order chi connectivity index (χ0) is 26.5. The summed E-state index contributed by atoms with van der Waals surface area (Å²) in [5.41, 5.74) is -0.469. The second kappa shape index (κ2) is 11.6. The maximum Gasteiger partial charge on any atom is 0.342 e. The third-order valence-electron chi connectivity index (χ3n) is 6.84. The van der Waals surface area contributed by atoms with E-state index in [1.807, 2.05) is 19.1 Å². The Labute approximate surface area is 213 Å². The molecule has 1 aromatic heterocycles. The summed E-state index contributed by atoms with van der Waals surface area (Å²) in [6.45, 7) is 7.47. The fraction of sp³-hybridized carbons (Fsp3) is 0.643. The first-order valence-electron chi connectivity index (χ1n) is 13.0. The number of aliphatic hydroxyl groups is 2. The predicted octanol–water partition coefficient (Wildman–Crippen LogP) is 4.76. The highest BCUT2D eigenvalue weighted by molar-refractivity contribution is 6.06. The molecule has 3 N–H and O–H groups in total. The highest BCUT2D eigenvalue weighted by Gasteiger charge is 2.41. The number of hydrogen-bond donors (Lipinski definition) is 3. The minimum atomic E-state index is -1.21. The lowest BCUT2D eigenvalue weighted by Crippen LogP contribution is -2.33. The molecule has 1 aromatic carbocycles. The Hall–Kier alpha value is -2.58. The number of carbonyl (C=O) groups is 2.